The molecule has 1 amide bonds. The van der Waals surface area contributed by atoms with Gasteiger partial charge in [-0.1, -0.05) is 40.2 Å². The number of amides is 1. The Labute approximate surface area is 171 Å². The number of benzene rings is 2. The van der Waals surface area contributed by atoms with Crippen LogP contribution in [0.3, 0.4) is 0 Å². The Kier molecular flexibility index (Phi) is 6.67. The highest BCUT2D eigenvalue weighted by Gasteiger charge is 2.43. The van der Waals surface area contributed by atoms with Gasteiger partial charge in [-0.3, -0.25) is 4.79 Å². The molecule has 0 unspecified atom stereocenters. The van der Waals surface area contributed by atoms with Gasteiger partial charge in [-0.2, -0.15) is 8.78 Å². The molecule has 0 N–H and O–H groups in total. The first kappa shape index (κ1) is 20.7. The summed E-state index contributed by atoms with van der Waals surface area (Å²) in [5.41, 5.74) is 1.21. The molecule has 1 aliphatic rings. The molecule has 1 fully saturated rings. The fourth-order valence-corrected chi connectivity index (χ4v) is 3.87. The van der Waals surface area contributed by atoms with E-state index in [0.717, 1.165) is 15.6 Å². The average molecular weight is 454 g/mol. The molecule has 3 rings (SSSR count). The van der Waals surface area contributed by atoms with Crippen molar-refractivity contribution in [3.63, 3.8) is 0 Å². The number of hydrogen-bond acceptors (Lipinski definition) is 3. The van der Waals surface area contributed by atoms with Crippen LogP contribution in [0.1, 0.15) is 24.0 Å². The maximum atomic E-state index is 13.5. The van der Waals surface area contributed by atoms with E-state index in [0.29, 0.717) is 32.6 Å². The van der Waals surface area contributed by atoms with Crippen LogP contribution in [0.2, 0.25) is 0 Å². The Hall–Kier alpha value is -1.99. The van der Waals surface area contributed by atoms with Gasteiger partial charge in [-0.25, -0.2) is 0 Å². The second-order valence-corrected chi connectivity index (χ2v) is 7.80. The van der Waals surface area contributed by atoms with Gasteiger partial charge >= 0.3 is 6.61 Å². The molecular weight excluding hydrogens is 432 g/mol. The summed E-state index contributed by atoms with van der Waals surface area (Å²) in [5.74, 6) is 0.134. The lowest BCUT2D eigenvalue weighted by molar-refractivity contribution is -0.140. The van der Waals surface area contributed by atoms with Crippen molar-refractivity contribution in [3.8, 4) is 5.75 Å². The molecule has 7 heteroatoms. The Morgan fingerprint density at radius 1 is 1.14 bits per heavy atom. The van der Waals surface area contributed by atoms with Gasteiger partial charge in [-0.15, -0.1) is 0 Å². The number of ether oxygens (including phenoxy) is 2. The van der Waals surface area contributed by atoms with Crippen molar-refractivity contribution in [3.05, 3.63) is 64.1 Å². The highest BCUT2D eigenvalue weighted by Crippen LogP contribution is 2.37. The van der Waals surface area contributed by atoms with Crippen LogP contribution in [0.25, 0.3) is 0 Å². The zero-order chi connectivity index (χ0) is 20.1. The minimum absolute atomic E-state index is 0.0334. The average Bonchev–Trinajstić information content (AvgIpc) is 2.69. The van der Waals surface area contributed by atoms with Crippen molar-refractivity contribution in [1.82, 2.24) is 4.90 Å². The molecule has 0 radical (unpaired) electrons. The second-order valence-electron chi connectivity index (χ2n) is 6.89. The Morgan fingerprint density at radius 2 is 1.75 bits per heavy atom. The molecule has 1 saturated heterocycles. The Morgan fingerprint density at radius 3 is 2.32 bits per heavy atom. The van der Waals surface area contributed by atoms with Crippen molar-refractivity contribution < 1.29 is 23.0 Å². The van der Waals surface area contributed by atoms with Gasteiger partial charge in [-0.05, 0) is 48.2 Å². The summed E-state index contributed by atoms with van der Waals surface area (Å²) in [5, 5.41) is 0. The summed E-state index contributed by atoms with van der Waals surface area (Å²) in [4.78, 5) is 15.1. The summed E-state index contributed by atoms with van der Waals surface area (Å²) < 4.78 is 35.4. The van der Waals surface area contributed by atoms with Crippen LogP contribution < -0.4 is 4.74 Å². The van der Waals surface area contributed by atoms with Crippen LogP contribution in [0.4, 0.5) is 8.78 Å². The topological polar surface area (TPSA) is 38.8 Å². The lowest BCUT2D eigenvalue weighted by atomic mass is 9.73. The second kappa shape index (κ2) is 9.01. The Balaban J connectivity index is 1.77. The molecule has 0 bridgehead atoms. The van der Waals surface area contributed by atoms with Gasteiger partial charge in [0.25, 0.3) is 0 Å². The summed E-state index contributed by atoms with van der Waals surface area (Å²) in [6.07, 6.45) is 1.25. The molecule has 2 aromatic rings. The standard InChI is InChI=1S/C21H22BrF2NO3/c1-25(14-15-2-8-18(9-3-15)28-20(23)24)19(26)21(10-12-27-13-11-21)16-4-6-17(22)7-5-16/h2-9,20H,10-14H2,1H3. The molecular formula is C21H22BrF2NO3. The number of halogens is 3. The zero-order valence-electron chi connectivity index (χ0n) is 15.5. The van der Waals surface area contributed by atoms with E-state index in [-0.39, 0.29) is 11.7 Å². The zero-order valence-corrected chi connectivity index (χ0v) is 17.1. The fourth-order valence-electron chi connectivity index (χ4n) is 3.60. The van der Waals surface area contributed by atoms with E-state index in [1.807, 2.05) is 24.3 Å². The van der Waals surface area contributed by atoms with Crippen LogP contribution in [0.15, 0.2) is 53.0 Å². The van der Waals surface area contributed by atoms with Gasteiger partial charge in [0, 0.05) is 31.3 Å². The molecule has 0 saturated carbocycles. The predicted octanol–water partition coefficient (Wildman–Crippen LogP) is 4.76. The molecule has 0 aromatic heterocycles. The molecule has 4 nitrogen and oxygen atoms in total. The van der Waals surface area contributed by atoms with E-state index in [1.165, 1.54) is 12.1 Å². The van der Waals surface area contributed by atoms with E-state index in [1.54, 1.807) is 24.1 Å². The molecule has 1 aliphatic heterocycles. The van der Waals surface area contributed by atoms with Crippen LogP contribution in [0.5, 0.6) is 5.75 Å². The SMILES string of the molecule is CN(Cc1ccc(OC(F)F)cc1)C(=O)C1(c2ccc(Br)cc2)CCOCC1. The van der Waals surface area contributed by atoms with Crippen molar-refractivity contribution in [1.29, 1.82) is 0 Å². The van der Waals surface area contributed by atoms with Crippen molar-refractivity contribution >= 4 is 21.8 Å². The smallest absolute Gasteiger partial charge is 0.387 e. The normalized spacial score (nSPS) is 16.0. The van der Waals surface area contributed by atoms with Gasteiger partial charge in [0.1, 0.15) is 5.75 Å². The van der Waals surface area contributed by atoms with Gasteiger partial charge in [0.2, 0.25) is 5.91 Å². The molecule has 28 heavy (non-hydrogen) atoms. The largest absolute Gasteiger partial charge is 0.435 e. The van der Waals surface area contributed by atoms with Crippen molar-refractivity contribution in [2.24, 2.45) is 0 Å². The third kappa shape index (κ3) is 4.70. The number of carbonyl (C=O) groups excluding carboxylic acids is 1. The quantitative estimate of drug-likeness (QED) is 0.632. The lowest BCUT2D eigenvalue weighted by Crippen LogP contribution is -2.48. The molecule has 150 valence electrons. The van der Waals surface area contributed by atoms with Crippen molar-refractivity contribution in [2.75, 3.05) is 20.3 Å². The summed E-state index contributed by atoms with van der Waals surface area (Å²) in [7, 11) is 1.77. The van der Waals surface area contributed by atoms with E-state index in [9.17, 15) is 13.6 Å². The first-order chi connectivity index (χ1) is 13.4. The third-order valence-corrected chi connectivity index (χ3v) is 5.60. The minimum atomic E-state index is -2.85. The number of nitrogens with zero attached hydrogens (tertiary/aromatic N) is 1. The molecule has 0 aliphatic carbocycles. The first-order valence-electron chi connectivity index (χ1n) is 9.04. The third-order valence-electron chi connectivity index (χ3n) is 5.07. The molecule has 2 aromatic carbocycles. The van der Waals surface area contributed by atoms with Crippen molar-refractivity contribution in [2.45, 2.75) is 31.4 Å². The lowest BCUT2D eigenvalue weighted by Gasteiger charge is -2.39. The van der Waals surface area contributed by atoms with Crippen LogP contribution in [-0.2, 0) is 21.5 Å². The molecule has 0 spiro atoms. The van der Waals surface area contributed by atoms with E-state index < -0.39 is 12.0 Å². The van der Waals surface area contributed by atoms with Gasteiger partial charge in [0.15, 0.2) is 0 Å². The predicted molar refractivity (Wildman–Crippen MR) is 105 cm³/mol. The van der Waals surface area contributed by atoms with E-state index in [2.05, 4.69) is 20.7 Å². The number of alkyl halides is 2. The Bertz CT molecular complexity index is 790. The van der Waals surface area contributed by atoms with E-state index >= 15 is 0 Å². The number of likely N-dealkylation sites (N-methyl/N-ethyl adjacent to an activating group) is 1. The highest BCUT2D eigenvalue weighted by atomic mass is 79.9. The van der Waals surface area contributed by atoms with Gasteiger partial charge < -0.3 is 14.4 Å². The summed E-state index contributed by atoms with van der Waals surface area (Å²) >= 11 is 3.44. The number of hydrogen-bond donors (Lipinski definition) is 0. The van der Waals surface area contributed by atoms with E-state index in [4.69, 9.17) is 4.74 Å². The van der Waals surface area contributed by atoms with Crippen LogP contribution in [0, 0.1) is 0 Å². The monoisotopic (exact) mass is 453 g/mol. The summed E-state index contributed by atoms with van der Waals surface area (Å²) in [6.45, 7) is -1.40. The highest BCUT2D eigenvalue weighted by molar-refractivity contribution is 9.10. The maximum Gasteiger partial charge on any atom is 0.387 e. The summed E-state index contributed by atoms with van der Waals surface area (Å²) in [6, 6.07) is 14.2. The molecule has 1 heterocycles. The van der Waals surface area contributed by atoms with Crippen LogP contribution >= 0.6 is 15.9 Å². The fraction of sp³-hybridized carbons (Fsp3) is 0.381. The maximum absolute atomic E-state index is 13.5. The number of rotatable bonds is 6. The first-order valence-corrected chi connectivity index (χ1v) is 9.83. The minimum Gasteiger partial charge on any atom is -0.435 e. The number of carbonyl (C=O) groups is 1. The van der Waals surface area contributed by atoms with Crippen LogP contribution in [-0.4, -0.2) is 37.7 Å². The molecule has 0 atom stereocenters. The van der Waals surface area contributed by atoms with Gasteiger partial charge in [0.05, 0.1) is 5.41 Å².